The molecule has 30 heavy (non-hydrogen) atoms. The number of rotatable bonds is 7. The van der Waals surface area contributed by atoms with Crippen LogP contribution in [0.1, 0.15) is 11.1 Å². The van der Waals surface area contributed by atoms with Crippen LogP contribution in [0.15, 0.2) is 47.5 Å². The van der Waals surface area contributed by atoms with Crippen molar-refractivity contribution < 1.29 is 18.3 Å². The first kappa shape index (κ1) is 22.1. The lowest BCUT2D eigenvalue weighted by molar-refractivity contribution is -0.0504. The molecule has 9 heteroatoms. The van der Waals surface area contributed by atoms with Gasteiger partial charge in [-0.1, -0.05) is 23.7 Å². The zero-order valence-electron chi connectivity index (χ0n) is 16.7. The number of benzene rings is 2. The maximum atomic E-state index is 12.6. The molecule has 0 radical (unpaired) electrons. The van der Waals surface area contributed by atoms with Gasteiger partial charge in [-0.15, -0.1) is 0 Å². The van der Waals surface area contributed by atoms with E-state index in [4.69, 9.17) is 16.3 Å². The SMILES string of the molecule is CN=C(NCc1ccc(N2CCOCC2)cc1)NCc1cc(Cl)ccc1OC(F)F. The molecule has 0 bridgehead atoms. The number of ether oxygens (including phenoxy) is 2. The van der Waals surface area contributed by atoms with Crippen LogP contribution in [0, 0.1) is 0 Å². The maximum Gasteiger partial charge on any atom is 0.387 e. The molecular formula is C21H25ClF2N4O2. The quantitative estimate of drug-likeness (QED) is 0.510. The minimum atomic E-state index is -2.90. The number of nitrogens with zero attached hydrogens (tertiary/aromatic N) is 2. The zero-order valence-corrected chi connectivity index (χ0v) is 17.5. The van der Waals surface area contributed by atoms with Gasteiger partial charge in [0.15, 0.2) is 5.96 Å². The van der Waals surface area contributed by atoms with Crippen LogP contribution in [0.5, 0.6) is 5.75 Å². The van der Waals surface area contributed by atoms with E-state index in [9.17, 15) is 8.78 Å². The number of morpholine rings is 1. The molecule has 162 valence electrons. The summed E-state index contributed by atoms with van der Waals surface area (Å²) in [6, 6.07) is 12.8. The predicted molar refractivity (Wildman–Crippen MR) is 115 cm³/mol. The van der Waals surface area contributed by atoms with E-state index in [2.05, 4.69) is 49.5 Å². The Morgan fingerprint density at radius 1 is 1.13 bits per heavy atom. The standard InChI is InChI=1S/C21H25ClF2N4O2/c1-25-21(27-14-16-12-17(22)4-7-19(16)30-20(23)24)26-13-15-2-5-18(6-3-15)28-8-10-29-11-9-28/h2-7,12,20H,8-11,13-14H2,1H3,(H2,25,26,27). The first-order chi connectivity index (χ1) is 14.5. The second kappa shape index (κ2) is 11.0. The highest BCUT2D eigenvalue weighted by Crippen LogP contribution is 2.24. The van der Waals surface area contributed by atoms with Crippen molar-refractivity contribution in [2.24, 2.45) is 4.99 Å². The van der Waals surface area contributed by atoms with Crippen molar-refractivity contribution in [1.29, 1.82) is 0 Å². The average molecular weight is 439 g/mol. The minimum Gasteiger partial charge on any atom is -0.434 e. The van der Waals surface area contributed by atoms with E-state index in [0.717, 1.165) is 31.9 Å². The lowest BCUT2D eigenvalue weighted by atomic mass is 10.2. The van der Waals surface area contributed by atoms with Crippen molar-refractivity contribution in [2.75, 3.05) is 38.3 Å². The van der Waals surface area contributed by atoms with Gasteiger partial charge in [0.05, 0.1) is 13.2 Å². The topological polar surface area (TPSA) is 58.1 Å². The van der Waals surface area contributed by atoms with Gasteiger partial charge in [-0.3, -0.25) is 4.99 Å². The molecular weight excluding hydrogens is 414 g/mol. The number of halogens is 3. The highest BCUT2D eigenvalue weighted by atomic mass is 35.5. The average Bonchev–Trinajstić information content (AvgIpc) is 2.76. The largest absolute Gasteiger partial charge is 0.434 e. The van der Waals surface area contributed by atoms with Gasteiger partial charge in [-0.05, 0) is 35.9 Å². The molecule has 1 heterocycles. The summed E-state index contributed by atoms with van der Waals surface area (Å²) < 4.78 is 35.1. The van der Waals surface area contributed by atoms with Gasteiger partial charge in [0, 0.05) is 49.5 Å². The van der Waals surface area contributed by atoms with Crippen molar-refractivity contribution in [1.82, 2.24) is 10.6 Å². The molecule has 6 nitrogen and oxygen atoms in total. The summed E-state index contributed by atoms with van der Waals surface area (Å²) in [6.45, 7) is 1.20. The van der Waals surface area contributed by atoms with Gasteiger partial charge in [-0.2, -0.15) is 8.78 Å². The Morgan fingerprint density at radius 2 is 1.83 bits per heavy atom. The number of nitrogens with one attached hydrogen (secondary N) is 2. The highest BCUT2D eigenvalue weighted by molar-refractivity contribution is 6.30. The summed E-state index contributed by atoms with van der Waals surface area (Å²) in [5.74, 6) is 0.617. The molecule has 0 spiro atoms. The number of alkyl halides is 2. The van der Waals surface area contributed by atoms with Crippen molar-refractivity contribution in [3.63, 3.8) is 0 Å². The summed E-state index contributed by atoms with van der Waals surface area (Å²) in [4.78, 5) is 6.47. The molecule has 1 aliphatic heterocycles. The monoisotopic (exact) mass is 438 g/mol. The molecule has 1 fully saturated rings. The third-order valence-corrected chi connectivity index (χ3v) is 4.92. The number of anilines is 1. The van der Waals surface area contributed by atoms with Gasteiger partial charge in [-0.25, -0.2) is 0 Å². The highest BCUT2D eigenvalue weighted by Gasteiger charge is 2.12. The van der Waals surface area contributed by atoms with Crippen LogP contribution in [-0.4, -0.2) is 45.9 Å². The fourth-order valence-corrected chi connectivity index (χ4v) is 3.32. The van der Waals surface area contributed by atoms with Crippen LogP contribution < -0.4 is 20.3 Å². The molecule has 2 N–H and O–H groups in total. The summed E-state index contributed by atoms with van der Waals surface area (Å²) in [6.07, 6.45) is 0. The van der Waals surface area contributed by atoms with Gasteiger partial charge < -0.3 is 25.0 Å². The Labute approximate surface area is 179 Å². The van der Waals surface area contributed by atoms with E-state index >= 15 is 0 Å². The Morgan fingerprint density at radius 3 is 2.50 bits per heavy atom. The fraction of sp³-hybridized carbons (Fsp3) is 0.381. The van der Waals surface area contributed by atoms with Gasteiger partial charge in [0.2, 0.25) is 0 Å². The molecule has 0 aliphatic carbocycles. The molecule has 0 amide bonds. The normalized spacial score (nSPS) is 14.7. The smallest absolute Gasteiger partial charge is 0.387 e. The van der Waals surface area contributed by atoms with Crippen molar-refractivity contribution in [3.8, 4) is 5.75 Å². The third-order valence-electron chi connectivity index (χ3n) is 4.68. The van der Waals surface area contributed by atoms with E-state index in [0.29, 0.717) is 23.1 Å². The predicted octanol–water partition coefficient (Wildman–Crippen LogP) is 3.64. The number of hydrogen-bond donors (Lipinski definition) is 2. The van der Waals surface area contributed by atoms with Crippen LogP contribution in [-0.2, 0) is 17.8 Å². The summed E-state index contributed by atoms with van der Waals surface area (Å²) in [7, 11) is 1.64. The molecule has 0 saturated carbocycles. The lowest BCUT2D eigenvalue weighted by Crippen LogP contribution is -2.37. The first-order valence-electron chi connectivity index (χ1n) is 9.64. The maximum absolute atomic E-state index is 12.6. The minimum absolute atomic E-state index is 0.0797. The van der Waals surface area contributed by atoms with E-state index < -0.39 is 6.61 Å². The zero-order chi connectivity index (χ0) is 21.3. The van der Waals surface area contributed by atoms with E-state index in [1.165, 1.54) is 17.8 Å². The second-order valence-corrected chi connectivity index (χ2v) is 7.11. The first-order valence-corrected chi connectivity index (χ1v) is 10.0. The van der Waals surface area contributed by atoms with E-state index in [1.54, 1.807) is 13.1 Å². The van der Waals surface area contributed by atoms with Gasteiger partial charge in [0.25, 0.3) is 0 Å². The van der Waals surface area contributed by atoms with Crippen LogP contribution in [0.3, 0.4) is 0 Å². The Balaban J connectivity index is 1.53. The summed E-state index contributed by atoms with van der Waals surface area (Å²) >= 11 is 5.99. The fourth-order valence-electron chi connectivity index (χ4n) is 3.13. The third kappa shape index (κ3) is 6.47. The van der Waals surface area contributed by atoms with E-state index in [1.807, 2.05) is 0 Å². The molecule has 1 aliphatic rings. The van der Waals surface area contributed by atoms with Gasteiger partial charge >= 0.3 is 6.61 Å². The van der Waals surface area contributed by atoms with Crippen molar-refractivity contribution >= 4 is 23.2 Å². The van der Waals surface area contributed by atoms with Crippen LogP contribution >= 0.6 is 11.6 Å². The van der Waals surface area contributed by atoms with Crippen molar-refractivity contribution in [2.45, 2.75) is 19.7 Å². The lowest BCUT2D eigenvalue weighted by Gasteiger charge is -2.28. The Kier molecular flexibility index (Phi) is 8.10. The number of aliphatic imine (C=N–C) groups is 1. The van der Waals surface area contributed by atoms with Crippen LogP contribution in [0.4, 0.5) is 14.5 Å². The van der Waals surface area contributed by atoms with Gasteiger partial charge in [0.1, 0.15) is 5.75 Å². The molecule has 0 aromatic heterocycles. The molecule has 0 atom stereocenters. The Hall–Kier alpha value is -2.58. The summed E-state index contributed by atoms with van der Waals surface area (Å²) in [5.41, 5.74) is 2.79. The van der Waals surface area contributed by atoms with E-state index in [-0.39, 0.29) is 12.3 Å². The number of hydrogen-bond acceptors (Lipinski definition) is 4. The Bertz CT molecular complexity index is 843. The molecule has 2 aromatic rings. The second-order valence-electron chi connectivity index (χ2n) is 6.68. The van der Waals surface area contributed by atoms with Crippen LogP contribution in [0.2, 0.25) is 5.02 Å². The molecule has 3 rings (SSSR count). The molecule has 0 unspecified atom stereocenters. The molecule has 2 aromatic carbocycles. The molecule has 1 saturated heterocycles. The number of guanidine groups is 1. The van der Waals surface area contributed by atoms with Crippen molar-refractivity contribution in [3.05, 3.63) is 58.6 Å². The van der Waals surface area contributed by atoms with Crippen LogP contribution in [0.25, 0.3) is 0 Å². The summed E-state index contributed by atoms with van der Waals surface area (Å²) in [5, 5.41) is 6.75.